The maximum Gasteiger partial charge on any atom is 0.270 e. The molecule has 0 bridgehead atoms. The van der Waals surface area contributed by atoms with E-state index >= 15 is 0 Å². The molecular weight excluding hydrogens is 364 g/mol. The summed E-state index contributed by atoms with van der Waals surface area (Å²) in [7, 11) is 1.62. The highest BCUT2D eigenvalue weighted by Gasteiger charge is 2.15. The predicted octanol–water partition coefficient (Wildman–Crippen LogP) is 4.19. The predicted molar refractivity (Wildman–Crippen MR) is 115 cm³/mol. The molecule has 1 amide bonds. The van der Waals surface area contributed by atoms with Crippen LogP contribution in [0, 0.1) is 13.8 Å². The normalized spacial score (nSPS) is 10.5. The van der Waals surface area contributed by atoms with Crippen LogP contribution in [0.4, 0.5) is 11.5 Å². The largest absolute Gasteiger partial charge is 0.496 e. The van der Waals surface area contributed by atoms with Gasteiger partial charge in [0.1, 0.15) is 23.1 Å². The molecule has 0 fully saturated rings. The van der Waals surface area contributed by atoms with E-state index in [0.717, 1.165) is 23.5 Å². The third-order valence-corrected chi connectivity index (χ3v) is 4.60. The fourth-order valence-corrected chi connectivity index (χ4v) is 3.19. The molecule has 3 rings (SSSR count). The lowest BCUT2D eigenvalue weighted by Gasteiger charge is -2.23. The van der Waals surface area contributed by atoms with Crippen molar-refractivity contribution in [3.63, 3.8) is 0 Å². The maximum atomic E-state index is 12.8. The minimum atomic E-state index is -0.247. The summed E-state index contributed by atoms with van der Waals surface area (Å²) in [6, 6.07) is 17.5. The van der Waals surface area contributed by atoms with Crippen LogP contribution in [-0.4, -0.2) is 29.5 Å². The first-order chi connectivity index (χ1) is 14.0. The molecule has 6 heteroatoms. The first-order valence-corrected chi connectivity index (χ1v) is 9.61. The first kappa shape index (κ1) is 20.3. The SMILES string of the molecule is CCN(c1cccc(C)c1)c1cc(C(=O)NCc2ccccc2OC)nc(C)n1. The zero-order valence-corrected chi connectivity index (χ0v) is 17.3. The Morgan fingerprint density at radius 1 is 1.07 bits per heavy atom. The number of benzene rings is 2. The summed E-state index contributed by atoms with van der Waals surface area (Å²) in [6.07, 6.45) is 0. The number of amides is 1. The monoisotopic (exact) mass is 390 g/mol. The van der Waals surface area contributed by atoms with Crippen LogP contribution in [0.3, 0.4) is 0 Å². The maximum absolute atomic E-state index is 12.8. The van der Waals surface area contributed by atoms with Gasteiger partial charge in [-0.05, 0) is 44.5 Å². The van der Waals surface area contributed by atoms with E-state index in [1.54, 1.807) is 20.1 Å². The van der Waals surface area contributed by atoms with Crippen LogP contribution in [0.15, 0.2) is 54.6 Å². The second-order valence-corrected chi connectivity index (χ2v) is 6.74. The number of para-hydroxylation sites is 1. The number of hydrogen-bond acceptors (Lipinski definition) is 5. The minimum absolute atomic E-state index is 0.247. The van der Waals surface area contributed by atoms with E-state index < -0.39 is 0 Å². The number of methoxy groups -OCH3 is 1. The van der Waals surface area contributed by atoms with Crippen LogP contribution >= 0.6 is 0 Å². The van der Waals surface area contributed by atoms with Gasteiger partial charge >= 0.3 is 0 Å². The van der Waals surface area contributed by atoms with Crippen LogP contribution in [0.5, 0.6) is 5.75 Å². The lowest BCUT2D eigenvalue weighted by atomic mass is 10.2. The number of carbonyl (C=O) groups excluding carboxylic acids is 1. The Labute approximate surface area is 171 Å². The van der Waals surface area contributed by atoms with E-state index in [1.165, 1.54) is 5.56 Å². The van der Waals surface area contributed by atoms with Gasteiger partial charge in [-0.1, -0.05) is 30.3 Å². The number of nitrogens with zero attached hydrogens (tertiary/aromatic N) is 3. The molecule has 0 spiro atoms. The number of ether oxygens (including phenoxy) is 1. The molecule has 1 N–H and O–H groups in total. The molecule has 0 unspecified atom stereocenters. The Balaban J connectivity index is 1.83. The molecule has 0 radical (unpaired) electrons. The Kier molecular flexibility index (Phi) is 6.44. The van der Waals surface area contributed by atoms with Crippen LogP contribution in [-0.2, 0) is 6.54 Å². The van der Waals surface area contributed by atoms with Gasteiger partial charge < -0.3 is 15.0 Å². The van der Waals surface area contributed by atoms with Crippen LogP contribution in [0.25, 0.3) is 0 Å². The number of rotatable bonds is 7. The van der Waals surface area contributed by atoms with Gasteiger partial charge in [-0.15, -0.1) is 0 Å². The second-order valence-electron chi connectivity index (χ2n) is 6.74. The zero-order chi connectivity index (χ0) is 20.8. The molecule has 0 aliphatic carbocycles. The Hall–Kier alpha value is -3.41. The fourth-order valence-electron chi connectivity index (χ4n) is 3.19. The molecular formula is C23H26N4O2. The third kappa shape index (κ3) is 4.90. The number of aryl methyl sites for hydroxylation is 2. The fraction of sp³-hybridized carbons (Fsp3) is 0.261. The summed E-state index contributed by atoms with van der Waals surface area (Å²) in [4.78, 5) is 23.7. The Bertz CT molecular complexity index is 1000. The average Bonchev–Trinajstić information content (AvgIpc) is 2.72. The van der Waals surface area contributed by atoms with Crippen LogP contribution in [0.1, 0.15) is 34.4 Å². The average molecular weight is 390 g/mol. The van der Waals surface area contributed by atoms with Crippen molar-refractivity contribution < 1.29 is 9.53 Å². The van der Waals surface area contributed by atoms with Gasteiger partial charge in [-0.3, -0.25) is 4.79 Å². The third-order valence-electron chi connectivity index (χ3n) is 4.60. The van der Waals surface area contributed by atoms with Gasteiger partial charge in [0.25, 0.3) is 5.91 Å². The van der Waals surface area contributed by atoms with E-state index in [2.05, 4.69) is 46.2 Å². The van der Waals surface area contributed by atoms with Gasteiger partial charge in [0.15, 0.2) is 0 Å². The highest BCUT2D eigenvalue weighted by atomic mass is 16.5. The van der Waals surface area contributed by atoms with Crippen molar-refractivity contribution in [1.29, 1.82) is 0 Å². The van der Waals surface area contributed by atoms with E-state index in [1.807, 2.05) is 36.4 Å². The standard InChI is InChI=1S/C23H26N4O2/c1-5-27(19-11-8-9-16(2)13-19)22-14-20(25-17(3)26-22)23(28)24-15-18-10-6-7-12-21(18)29-4/h6-14H,5,15H2,1-4H3,(H,24,28). The minimum Gasteiger partial charge on any atom is -0.496 e. The quantitative estimate of drug-likeness (QED) is 0.655. The highest BCUT2D eigenvalue weighted by Crippen LogP contribution is 2.25. The summed E-state index contributed by atoms with van der Waals surface area (Å²) in [5, 5.41) is 2.92. The summed E-state index contributed by atoms with van der Waals surface area (Å²) >= 11 is 0. The zero-order valence-electron chi connectivity index (χ0n) is 17.3. The summed E-state index contributed by atoms with van der Waals surface area (Å²) < 4.78 is 5.34. The molecule has 1 aromatic heterocycles. The van der Waals surface area contributed by atoms with Gasteiger partial charge in [-0.25, -0.2) is 9.97 Å². The van der Waals surface area contributed by atoms with Gasteiger partial charge in [0.05, 0.1) is 7.11 Å². The van der Waals surface area contributed by atoms with Crippen molar-refractivity contribution in [2.24, 2.45) is 0 Å². The van der Waals surface area contributed by atoms with Crippen molar-refractivity contribution in [1.82, 2.24) is 15.3 Å². The second kappa shape index (κ2) is 9.19. The summed E-state index contributed by atoms with van der Waals surface area (Å²) in [5.74, 6) is 1.75. The topological polar surface area (TPSA) is 67.4 Å². The van der Waals surface area contributed by atoms with E-state index in [4.69, 9.17) is 4.74 Å². The molecule has 6 nitrogen and oxygen atoms in total. The van der Waals surface area contributed by atoms with Crippen LogP contribution < -0.4 is 15.0 Å². The first-order valence-electron chi connectivity index (χ1n) is 9.61. The molecule has 1 heterocycles. The number of carbonyl (C=O) groups is 1. The lowest BCUT2D eigenvalue weighted by Crippen LogP contribution is -2.26. The van der Waals surface area contributed by atoms with Crippen molar-refractivity contribution in [2.45, 2.75) is 27.3 Å². The number of nitrogens with one attached hydrogen (secondary N) is 1. The summed E-state index contributed by atoms with van der Waals surface area (Å²) in [5.41, 5.74) is 3.45. The highest BCUT2D eigenvalue weighted by molar-refractivity contribution is 5.93. The molecule has 150 valence electrons. The van der Waals surface area contributed by atoms with Gasteiger partial charge in [-0.2, -0.15) is 0 Å². The van der Waals surface area contributed by atoms with Crippen molar-refractivity contribution >= 4 is 17.4 Å². The number of hydrogen-bond donors (Lipinski definition) is 1. The van der Waals surface area contributed by atoms with Crippen LogP contribution in [0.2, 0.25) is 0 Å². The van der Waals surface area contributed by atoms with Crippen molar-refractivity contribution in [3.8, 4) is 5.75 Å². The van der Waals surface area contributed by atoms with E-state index in [-0.39, 0.29) is 5.91 Å². The smallest absolute Gasteiger partial charge is 0.270 e. The molecule has 3 aromatic rings. The number of aromatic nitrogens is 2. The molecule has 0 atom stereocenters. The Morgan fingerprint density at radius 3 is 2.59 bits per heavy atom. The van der Waals surface area contributed by atoms with E-state index in [0.29, 0.717) is 23.9 Å². The molecule has 29 heavy (non-hydrogen) atoms. The molecule has 0 saturated heterocycles. The lowest BCUT2D eigenvalue weighted by molar-refractivity contribution is 0.0945. The van der Waals surface area contributed by atoms with Crippen molar-refractivity contribution in [2.75, 3.05) is 18.6 Å². The molecule has 2 aromatic carbocycles. The molecule has 0 aliphatic rings. The molecule has 0 saturated carbocycles. The van der Waals surface area contributed by atoms with E-state index in [9.17, 15) is 4.79 Å². The van der Waals surface area contributed by atoms with Crippen molar-refractivity contribution in [3.05, 3.63) is 77.2 Å². The number of anilines is 2. The van der Waals surface area contributed by atoms with Gasteiger partial charge in [0.2, 0.25) is 0 Å². The molecule has 0 aliphatic heterocycles. The van der Waals surface area contributed by atoms with Gasteiger partial charge in [0, 0.05) is 30.4 Å². The Morgan fingerprint density at radius 2 is 1.86 bits per heavy atom. The summed E-state index contributed by atoms with van der Waals surface area (Å²) in [6.45, 7) is 6.99.